The van der Waals surface area contributed by atoms with Gasteiger partial charge in [-0.1, -0.05) is 26.7 Å². The molecule has 2 nitrogen and oxygen atoms in total. The van der Waals surface area contributed by atoms with Crippen LogP contribution >= 0.6 is 0 Å². The number of carbonyl (C=O) groups excluding carboxylic acids is 1. The van der Waals surface area contributed by atoms with Gasteiger partial charge in [0.2, 0.25) is 0 Å². The van der Waals surface area contributed by atoms with E-state index in [0.29, 0.717) is 11.8 Å². The van der Waals surface area contributed by atoms with Crippen molar-refractivity contribution in [2.24, 2.45) is 11.8 Å². The normalized spacial score (nSPS) is 26.4. The van der Waals surface area contributed by atoms with E-state index in [1.165, 1.54) is 12.1 Å². The zero-order valence-electron chi connectivity index (χ0n) is 12.2. The first kappa shape index (κ1) is 15.9. The van der Waals surface area contributed by atoms with Crippen LogP contribution in [0.5, 0.6) is 0 Å². The lowest BCUT2D eigenvalue weighted by molar-refractivity contribution is -0.137. The zero-order chi connectivity index (χ0) is 15.6. The minimum absolute atomic E-state index is 0.101. The standard InChI is InChI=1S/C16H20F3NO/c1-10-4-3-5-14(11(10)2)20-15(21)12-6-8-13(9-7-12)16(17,18)19/h6-11,14H,3-5H2,1-2H3,(H,20,21)/t10-,11-,14+/m1/s1. The average Bonchev–Trinajstić information content (AvgIpc) is 2.43. The van der Waals surface area contributed by atoms with Gasteiger partial charge in [0.15, 0.2) is 0 Å². The van der Waals surface area contributed by atoms with E-state index in [1.807, 2.05) is 0 Å². The molecule has 0 spiro atoms. The van der Waals surface area contributed by atoms with Crippen molar-refractivity contribution in [3.8, 4) is 0 Å². The molecule has 5 heteroatoms. The molecule has 0 saturated heterocycles. The van der Waals surface area contributed by atoms with Crippen molar-refractivity contribution in [1.29, 1.82) is 0 Å². The van der Waals surface area contributed by atoms with Crippen molar-refractivity contribution in [1.82, 2.24) is 5.32 Å². The number of hydrogen-bond donors (Lipinski definition) is 1. The topological polar surface area (TPSA) is 29.1 Å². The molecule has 2 rings (SSSR count). The highest BCUT2D eigenvalue weighted by molar-refractivity contribution is 5.94. The Labute approximate surface area is 122 Å². The molecule has 1 aliphatic carbocycles. The fourth-order valence-electron chi connectivity index (χ4n) is 2.85. The summed E-state index contributed by atoms with van der Waals surface area (Å²) in [4.78, 5) is 12.1. The minimum atomic E-state index is -4.37. The number of carbonyl (C=O) groups is 1. The van der Waals surface area contributed by atoms with Crippen LogP contribution in [-0.4, -0.2) is 11.9 Å². The Balaban J connectivity index is 2.03. The lowest BCUT2D eigenvalue weighted by atomic mass is 9.78. The summed E-state index contributed by atoms with van der Waals surface area (Å²) in [6, 6.07) is 4.46. The van der Waals surface area contributed by atoms with Gasteiger partial charge in [0.25, 0.3) is 5.91 Å². The summed E-state index contributed by atoms with van der Waals surface area (Å²) in [5, 5.41) is 2.95. The Morgan fingerprint density at radius 2 is 1.76 bits per heavy atom. The van der Waals surface area contributed by atoms with Crippen molar-refractivity contribution >= 4 is 5.91 Å². The molecule has 1 N–H and O–H groups in total. The summed E-state index contributed by atoms with van der Waals surface area (Å²) in [6.45, 7) is 4.28. The van der Waals surface area contributed by atoms with E-state index in [0.717, 1.165) is 31.4 Å². The molecule has 1 fully saturated rings. The quantitative estimate of drug-likeness (QED) is 0.868. The molecule has 3 atom stereocenters. The monoisotopic (exact) mass is 299 g/mol. The molecular formula is C16H20F3NO. The molecule has 21 heavy (non-hydrogen) atoms. The summed E-state index contributed by atoms with van der Waals surface area (Å²) in [6.07, 6.45) is -1.21. The van der Waals surface area contributed by atoms with Gasteiger partial charge in [-0.25, -0.2) is 0 Å². The van der Waals surface area contributed by atoms with Gasteiger partial charge in [0, 0.05) is 11.6 Å². The van der Waals surface area contributed by atoms with Crippen LogP contribution < -0.4 is 5.32 Å². The van der Waals surface area contributed by atoms with E-state index in [9.17, 15) is 18.0 Å². The number of alkyl halides is 3. The molecule has 0 heterocycles. The van der Waals surface area contributed by atoms with E-state index in [-0.39, 0.29) is 17.5 Å². The van der Waals surface area contributed by atoms with Crippen LogP contribution in [0, 0.1) is 11.8 Å². The third-order valence-corrected chi connectivity index (χ3v) is 4.50. The molecule has 1 aromatic rings. The number of amides is 1. The summed E-state index contributed by atoms with van der Waals surface area (Å²) < 4.78 is 37.5. The molecule has 1 saturated carbocycles. The number of hydrogen-bond acceptors (Lipinski definition) is 1. The molecule has 0 unspecified atom stereocenters. The fraction of sp³-hybridized carbons (Fsp3) is 0.562. The average molecular weight is 299 g/mol. The molecule has 0 aliphatic heterocycles. The zero-order valence-corrected chi connectivity index (χ0v) is 12.2. The van der Waals surface area contributed by atoms with Crippen LogP contribution in [0.4, 0.5) is 13.2 Å². The maximum absolute atomic E-state index is 12.5. The molecule has 1 amide bonds. The smallest absolute Gasteiger partial charge is 0.349 e. The summed E-state index contributed by atoms with van der Waals surface area (Å²) in [7, 11) is 0. The largest absolute Gasteiger partial charge is 0.416 e. The predicted octanol–water partition coefficient (Wildman–Crippen LogP) is 4.26. The van der Waals surface area contributed by atoms with Crippen LogP contribution in [0.3, 0.4) is 0 Å². The highest BCUT2D eigenvalue weighted by atomic mass is 19.4. The Bertz CT molecular complexity index is 495. The van der Waals surface area contributed by atoms with Crippen LogP contribution in [0.15, 0.2) is 24.3 Å². The van der Waals surface area contributed by atoms with Gasteiger partial charge in [-0.05, 0) is 42.5 Å². The third kappa shape index (κ3) is 3.77. The first-order valence-electron chi connectivity index (χ1n) is 7.27. The number of nitrogens with one attached hydrogen (secondary N) is 1. The van der Waals surface area contributed by atoms with Gasteiger partial charge in [-0.3, -0.25) is 4.79 Å². The Morgan fingerprint density at radius 1 is 1.14 bits per heavy atom. The Hall–Kier alpha value is -1.52. The fourth-order valence-corrected chi connectivity index (χ4v) is 2.85. The third-order valence-electron chi connectivity index (χ3n) is 4.50. The maximum atomic E-state index is 12.5. The highest BCUT2D eigenvalue weighted by Gasteiger charge is 2.31. The Morgan fingerprint density at radius 3 is 2.33 bits per heavy atom. The SMILES string of the molecule is C[C@@H]1[C@H](C)CCC[C@@H]1NC(=O)c1ccc(C(F)(F)F)cc1. The number of halogens is 3. The lowest BCUT2D eigenvalue weighted by Crippen LogP contribution is -2.43. The summed E-state index contributed by atoms with van der Waals surface area (Å²) in [5.74, 6) is 0.642. The van der Waals surface area contributed by atoms with Crippen molar-refractivity contribution in [2.45, 2.75) is 45.3 Å². The first-order chi connectivity index (χ1) is 9.79. The summed E-state index contributed by atoms with van der Waals surface area (Å²) >= 11 is 0. The second-order valence-electron chi connectivity index (χ2n) is 5.92. The molecule has 0 aromatic heterocycles. The van der Waals surface area contributed by atoms with Gasteiger partial charge < -0.3 is 5.32 Å². The number of benzene rings is 1. The first-order valence-corrected chi connectivity index (χ1v) is 7.27. The van der Waals surface area contributed by atoms with Crippen LogP contribution in [0.25, 0.3) is 0 Å². The maximum Gasteiger partial charge on any atom is 0.416 e. The van der Waals surface area contributed by atoms with Crippen molar-refractivity contribution in [2.75, 3.05) is 0 Å². The van der Waals surface area contributed by atoms with Crippen molar-refractivity contribution < 1.29 is 18.0 Å². The second kappa shape index (κ2) is 6.08. The van der Waals surface area contributed by atoms with Gasteiger partial charge in [-0.2, -0.15) is 13.2 Å². The van der Waals surface area contributed by atoms with Crippen molar-refractivity contribution in [3.63, 3.8) is 0 Å². The van der Waals surface area contributed by atoms with Gasteiger partial charge >= 0.3 is 6.18 Å². The minimum Gasteiger partial charge on any atom is -0.349 e. The molecule has 0 bridgehead atoms. The Kier molecular flexibility index (Phi) is 4.59. The highest BCUT2D eigenvalue weighted by Crippen LogP contribution is 2.30. The predicted molar refractivity (Wildman–Crippen MR) is 74.9 cm³/mol. The van der Waals surface area contributed by atoms with Crippen LogP contribution in [0.1, 0.15) is 49.0 Å². The van der Waals surface area contributed by atoms with E-state index >= 15 is 0 Å². The van der Waals surface area contributed by atoms with Crippen molar-refractivity contribution in [3.05, 3.63) is 35.4 Å². The molecule has 0 radical (unpaired) electrons. The second-order valence-corrected chi connectivity index (χ2v) is 5.92. The van der Waals surface area contributed by atoms with Crippen LogP contribution in [0.2, 0.25) is 0 Å². The van der Waals surface area contributed by atoms with E-state index in [4.69, 9.17) is 0 Å². The van der Waals surface area contributed by atoms with E-state index in [1.54, 1.807) is 0 Å². The molecule has 1 aromatic carbocycles. The lowest BCUT2D eigenvalue weighted by Gasteiger charge is -2.34. The molecule has 116 valence electrons. The van der Waals surface area contributed by atoms with Gasteiger partial charge in [-0.15, -0.1) is 0 Å². The van der Waals surface area contributed by atoms with E-state index < -0.39 is 11.7 Å². The van der Waals surface area contributed by atoms with Gasteiger partial charge in [0.05, 0.1) is 5.56 Å². The molecule has 1 aliphatic rings. The number of rotatable bonds is 2. The van der Waals surface area contributed by atoms with E-state index in [2.05, 4.69) is 19.2 Å². The molecular weight excluding hydrogens is 279 g/mol. The summed E-state index contributed by atoms with van der Waals surface area (Å²) in [5.41, 5.74) is -0.466. The van der Waals surface area contributed by atoms with Gasteiger partial charge in [0.1, 0.15) is 0 Å². The van der Waals surface area contributed by atoms with Crippen LogP contribution in [-0.2, 0) is 6.18 Å².